The first kappa shape index (κ1) is 19.5. The number of fused-ring (bicyclic) bond motifs is 2. The van der Waals surface area contributed by atoms with Gasteiger partial charge in [0.05, 0.1) is 9.72 Å². The Morgan fingerprint density at radius 3 is 2.77 bits per heavy atom. The number of esters is 1. The quantitative estimate of drug-likeness (QED) is 0.449. The van der Waals surface area contributed by atoms with E-state index in [-0.39, 0.29) is 11.9 Å². The zero-order valence-electron chi connectivity index (χ0n) is 16.4. The monoisotopic (exact) mass is 441 g/mol. The lowest BCUT2D eigenvalue weighted by atomic mass is 9.95. The Hall–Kier alpha value is -2.48. The van der Waals surface area contributed by atoms with Gasteiger partial charge in [-0.1, -0.05) is 23.7 Å². The smallest absolute Gasteiger partial charge is 0.321 e. The Bertz CT molecular complexity index is 1150. The highest BCUT2D eigenvalue weighted by Gasteiger charge is 2.33. The first-order valence-electron chi connectivity index (χ1n) is 9.87. The van der Waals surface area contributed by atoms with Gasteiger partial charge >= 0.3 is 5.97 Å². The van der Waals surface area contributed by atoms with Crippen molar-refractivity contribution in [2.45, 2.75) is 12.3 Å². The second-order valence-electron chi connectivity index (χ2n) is 7.73. The zero-order chi connectivity index (χ0) is 20.8. The third kappa shape index (κ3) is 3.47. The van der Waals surface area contributed by atoms with Crippen LogP contribution in [0.15, 0.2) is 36.4 Å². The number of benzene rings is 2. The molecule has 1 saturated heterocycles. The molecule has 8 heteroatoms. The van der Waals surface area contributed by atoms with Gasteiger partial charge in [-0.25, -0.2) is 4.98 Å². The summed E-state index contributed by atoms with van der Waals surface area (Å²) in [4.78, 5) is 34.2. The fourth-order valence-electron chi connectivity index (χ4n) is 3.90. The molecule has 1 aromatic heterocycles. The molecular formula is C22H20ClN3O3S. The Kier molecular flexibility index (Phi) is 4.97. The molecule has 0 aliphatic carbocycles. The topological polar surface area (TPSA) is 62.7 Å². The summed E-state index contributed by atoms with van der Waals surface area (Å²) in [6.45, 7) is 3.13. The standard InChI is InChI=1S/C22H20ClN3O3S/c1-25-7-9-26(10-8-25)21(27)14-6-5-13-11-15(22(28)29-17(13)12-14)20-24-19-16(23)3-2-4-18(19)30-20/h2-6,12,15H,7-11H2,1H3. The number of likely N-dealkylation sites (N-methyl/N-ethyl adjacent to an activating group) is 1. The minimum atomic E-state index is -0.467. The minimum Gasteiger partial charge on any atom is -0.426 e. The Balaban J connectivity index is 1.39. The molecule has 3 aromatic rings. The highest BCUT2D eigenvalue weighted by atomic mass is 35.5. The summed E-state index contributed by atoms with van der Waals surface area (Å²) in [5.74, 6) is -0.368. The summed E-state index contributed by atoms with van der Waals surface area (Å²) in [6, 6.07) is 11.0. The molecule has 1 atom stereocenters. The largest absolute Gasteiger partial charge is 0.426 e. The number of carbonyl (C=O) groups is 2. The molecule has 154 valence electrons. The number of nitrogens with zero attached hydrogens (tertiary/aromatic N) is 3. The molecular weight excluding hydrogens is 422 g/mol. The van der Waals surface area contributed by atoms with Crippen LogP contribution in [-0.2, 0) is 11.2 Å². The Morgan fingerprint density at radius 2 is 2.00 bits per heavy atom. The number of amides is 1. The van der Waals surface area contributed by atoms with Crippen LogP contribution < -0.4 is 4.74 Å². The highest BCUT2D eigenvalue weighted by molar-refractivity contribution is 7.18. The number of hydrogen-bond donors (Lipinski definition) is 0. The number of halogens is 1. The molecule has 2 aromatic carbocycles. The maximum absolute atomic E-state index is 12.8. The summed E-state index contributed by atoms with van der Waals surface area (Å²) < 4.78 is 6.58. The van der Waals surface area contributed by atoms with Gasteiger partial charge in [-0.3, -0.25) is 9.59 Å². The van der Waals surface area contributed by atoms with E-state index in [0.717, 1.165) is 23.4 Å². The first-order chi connectivity index (χ1) is 14.5. The molecule has 0 saturated carbocycles. The molecule has 0 N–H and O–H groups in total. The molecule has 30 heavy (non-hydrogen) atoms. The van der Waals surface area contributed by atoms with Crippen molar-refractivity contribution in [3.63, 3.8) is 0 Å². The molecule has 2 aliphatic heterocycles. The third-order valence-electron chi connectivity index (χ3n) is 5.71. The van der Waals surface area contributed by atoms with E-state index in [2.05, 4.69) is 16.9 Å². The Labute approximate surface area is 183 Å². The maximum Gasteiger partial charge on any atom is 0.321 e. The molecule has 3 heterocycles. The van der Waals surface area contributed by atoms with Crippen LogP contribution in [0.3, 0.4) is 0 Å². The van der Waals surface area contributed by atoms with Crippen LogP contribution in [-0.4, -0.2) is 59.9 Å². The van der Waals surface area contributed by atoms with E-state index < -0.39 is 5.92 Å². The lowest BCUT2D eigenvalue weighted by Crippen LogP contribution is -2.47. The van der Waals surface area contributed by atoms with E-state index >= 15 is 0 Å². The molecule has 1 unspecified atom stereocenters. The van der Waals surface area contributed by atoms with Crippen molar-refractivity contribution in [1.82, 2.24) is 14.8 Å². The van der Waals surface area contributed by atoms with Crippen molar-refractivity contribution >= 4 is 45.0 Å². The maximum atomic E-state index is 12.8. The molecule has 0 bridgehead atoms. The molecule has 0 radical (unpaired) electrons. The van der Waals surface area contributed by atoms with Crippen LogP contribution in [0.2, 0.25) is 5.02 Å². The van der Waals surface area contributed by atoms with Gasteiger partial charge in [-0.05, 0) is 43.3 Å². The van der Waals surface area contributed by atoms with Crippen molar-refractivity contribution in [3.05, 3.63) is 57.6 Å². The van der Waals surface area contributed by atoms with E-state index in [4.69, 9.17) is 16.3 Å². The van der Waals surface area contributed by atoms with Gasteiger partial charge < -0.3 is 14.5 Å². The normalized spacial score (nSPS) is 19.6. The van der Waals surface area contributed by atoms with Crippen LogP contribution in [0.4, 0.5) is 0 Å². The van der Waals surface area contributed by atoms with E-state index in [9.17, 15) is 9.59 Å². The zero-order valence-corrected chi connectivity index (χ0v) is 18.0. The fourth-order valence-corrected chi connectivity index (χ4v) is 5.25. The van der Waals surface area contributed by atoms with Crippen molar-refractivity contribution in [2.75, 3.05) is 33.2 Å². The predicted molar refractivity (Wildman–Crippen MR) is 117 cm³/mol. The number of piperazine rings is 1. The molecule has 5 rings (SSSR count). The lowest BCUT2D eigenvalue weighted by Gasteiger charge is -2.32. The number of rotatable bonds is 2. The number of aromatic nitrogens is 1. The van der Waals surface area contributed by atoms with Crippen molar-refractivity contribution in [1.29, 1.82) is 0 Å². The van der Waals surface area contributed by atoms with Gasteiger partial charge in [-0.2, -0.15) is 0 Å². The predicted octanol–water partition coefficient (Wildman–Crippen LogP) is 3.58. The number of para-hydroxylation sites is 1. The minimum absolute atomic E-state index is 0.0233. The van der Waals surface area contributed by atoms with Crippen LogP contribution in [0.25, 0.3) is 10.2 Å². The van der Waals surface area contributed by atoms with E-state index in [0.29, 0.717) is 46.4 Å². The molecule has 1 amide bonds. The average molecular weight is 442 g/mol. The van der Waals surface area contributed by atoms with Crippen LogP contribution in [0, 0.1) is 0 Å². The van der Waals surface area contributed by atoms with Crippen LogP contribution in [0.5, 0.6) is 5.75 Å². The van der Waals surface area contributed by atoms with E-state index in [1.54, 1.807) is 12.1 Å². The first-order valence-corrected chi connectivity index (χ1v) is 11.1. The summed E-state index contributed by atoms with van der Waals surface area (Å²) >= 11 is 7.70. The second-order valence-corrected chi connectivity index (χ2v) is 9.20. The van der Waals surface area contributed by atoms with Gasteiger partial charge in [0.2, 0.25) is 0 Å². The van der Waals surface area contributed by atoms with Crippen molar-refractivity contribution in [3.8, 4) is 5.75 Å². The van der Waals surface area contributed by atoms with E-state index in [1.165, 1.54) is 11.3 Å². The number of ether oxygens (including phenoxy) is 1. The summed E-state index contributed by atoms with van der Waals surface area (Å²) in [5.41, 5.74) is 2.17. The summed E-state index contributed by atoms with van der Waals surface area (Å²) in [6.07, 6.45) is 0.495. The SMILES string of the molecule is CN1CCN(C(=O)c2ccc3c(c2)OC(=O)C(c2nc4c(Cl)cccc4s2)C3)CC1. The van der Waals surface area contributed by atoms with Gasteiger partial charge in [-0.15, -0.1) is 11.3 Å². The van der Waals surface area contributed by atoms with Gasteiger partial charge in [0.1, 0.15) is 22.2 Å². The number of carbonyl (C=O) groups excluding carboxylic acids is 2. The van der Waals surface area contributed by atoms with Gasteiger partial charge in [0, 0.05) is 31.7 Å². The van der Waals surface area contributed by atoms with E-state index in [1.807, 2.05) is 29.2 Å². The van der Waals surface area contributed by atoms with Crippen LogP contribution in [0.1, 0.15) is 26.8 Å². The van der Waals surface area contributed by atoms with Crippen molar-refractivity contribution < 1.29 is 14.3 Å². The summed E-state index contributed by atoms with van der Waals surface area (Å²) in [7, 11) is 2.05. The number of hydrogen-bond acceptors (Lipinski definition) is 6. The molecule has 0 spiro atoms. The Morgan fingerprint density at radius 1 is 1.20 bits per heavy atom. The van der Waals surface area contributed by atoms with Crippen LogP contribution >= 0.6 is 22.9 Å². The fraction of sp³-hybridized carbons (Fsp3) is 0.318. The highest BCUT2D eigenvalue weighted by Crippen LogP contribution is 2.38. The average Bonchev–Trinajstić information content (AvgIpc) is 3.18. The van der Waals surface area contributed by atoms with Gasteiger partial charge in [0.15, 0.2) is 0 Å². The molecule has 2 aliphatic rings. The molecule has 1 fully saturated rings. The van der Waals surface area contributed by atoms with Crippen molar-refractivity contribution in [2.24, 2.45) is 0 Å². The second kappa shape index (κ2) is 7.65. The summed E-state index contributed by atoms with van der Waals surface area (Å²) in [5, 5.41) is 1.28. The van der Waals surface area contributed by atoms with Gasteiger partial charge in [0.25, 0.3) is 5.91 Å². The number of thiazole rings is 1. The lowest BCUT2D eigenvalue weighted by molar-refractivity contribution is -0.137. The third-order valence-corrected chi connectivity index (χ3v) is 7.15. The molecule has 6 nitrogen and oxygen atoms in total.